The molecule has 84 valence electrons. The molecule has 1 amide bonds. The van der Waals surface area contributed by atoms with E-state index in [4.69, 9.17) is 5.26 Å². The molecule has 4 nitrogen and oxygen atoms in total. The second-order valence-corrected chi connectivity index (χ2v) is 4.61. The number of nitriles is 1. The molecule has 1 atom stereocenters. The minimum atomic E-state index is -0.385. The van der Waals surface area contributed by atoms with Crippen LogP contribution in [0.2, 0.25) is 0 Å². The zero-order chi connectivity index (χ0) is 11.3. The lowest BCUT2D eigenvalue weighted by atomic mass is 9.74. The standard InChI is InChI=1S/C11H19N3O/c1-11(2,10(15)14-7-5-12)9-4-3-6-13-8-9/h9,13H,3-4,6-8H2,1-2H3,(H,14,15). The van der Waals surface area contributed by atoms with Crippen molar-refractivity contribution < 1.29 is 4.79 Å². The first-order chi connectivity index (χ1) is 7.09. The minimum absolute atomic E-state index is 0.0160. The average molecular weight is 209 g/mol. The summed E-state index contributed by atoms with van der Waals surface area (Å²) < 4.78 is 0. The first kappa shape index (κ1) is 12.0. The zero-order valence-electron chi connectivity index (χ0n) is 9.47. The Kier molecular flexibility index (Phi) is 4.10. The number of amides is 1. The van der Waals surface area contributed by atoms with E-state index in [0.29, 0.717) is 5.92 Å². The third-order valence-electron chi connectivity index (χ3n) is 3.23. The molecule has 0 aliphatic carbocycles. The predicted molar refractivity (Wildman–Crippen MR) is 58.0 cm³/mol. The number of hydrogen-bond donors (Lipinski definition) is 2. The van der Waals surface area contributed by atoms with Crippen LogP contribution in [0.1, 0.15) is 26.7 Å². The lowest BCUT2D eigenvalue weighted by Gasteiger charge is -2.35. The van der Waals surface area contributed by atoms with Crippen LogP contribution in [0, 0.1) is 22.7 Å². The molecule has 0 radical (unpaired) electrons. The van der Waals surface area contributed by atoms with Gasteiger partial charge < -0.3 is 10.6 Å². The van der Waals surface area contributed by atoms with Crippen LogP contribution in [0.4, 0.5) is 0 Å². The van der Waals surface area contributed by atoms with Crippen molar-refractivity contribution in [2.24, 2.45) is 11.3 Å². The molecule has 2 N–H and O–H groups in total. The van der Waals surface area contributed by atoms with Gasteiger partial charge in [0.15, 0.2) is 0 Å². The van der Waals surface area contributed by atoms with Crippen molar-refractivity contribution in [1.82, 2.24) is 10.6 Å². The summed E-state index contributed by atoms with van der Waals surface area (Å²) in [5.74, 6) is 0.350. The molecule has 15 heavy (non-hydrogen) atoms. The van der Waals surface area contributed by atoms with E-state index in [9.17, 15) is 4.79 Å². The van der Waals surface area contributed by atoms with Crippen LogP contribution in [0.25, 0.3) is 0 Å². The second kappa shape index (κ2) is 5.13. The van der Waals surface area contributed by atoms with E-state index >= 15 is 0 Å². The third kappa shape index (κ3) is 2.93. The molecular formula is C11H19N3O. The molecule has 0 aromatic heterocycles. The van der Waals surface area contributed by atoms with Gasteiger partial charge in [0.25, 0.3) is 0 Å². The van der Waals surface area contributed by atoms with Gasteiger partial charge in [-0.3, -0.25) is 4.79 Å². The maximum atomic E-state index is 11.8. The van der Waals surface area contributed by atoms with Crippen molar-refractivity contribution in [2.75, 3.05) is 19.6 Å². The fourth-order valence-corrected chi connectivity index (χ4v) is 2.00. The first-order valence-electron chi connectivity index (χ1n) is 5.45. The van der Waals surface area contributed by atoms with Gasteiger partial charge in [-0.15, -0.1) is 0 Å². The number of carbonyl (C=O) groups is 1. The van der Waals surface area contributed by atoms with Crippen molar-refractivity contribution in [3.63, 3.8) is 0 Å². The number of rotatable bonds is 3. The Morgan fingerprint density at radius 3 is 2.93 bits per heavy atom. The summed E-state index contributed by atoms with van der Waals surface area (Å²) >= 11 is 0. The topological polar surface area (TPSA) is 64.9 Å². The quantitative estimate of drug-likeness (QED) is 0.671. The fourth-order valence-electron chi connectivity index (χ4n) is 2.00. The van der Waals surface area contributed by atoms with Gasteiger partial charge in [-0.25, -0.2) is 0 Å². The van der Waals surface area contributed by atoms with Crippen LogP contribution < -0.4 is 10.6 Å². The summed E-state index contributed by atoms with van der Waals surface area (Å²) in [6, 6.07) is 1.93. The highest BCUT2D eigenvalue weighted by atomic mass is 16.2. The molecular weight excluding hydrogens is 190 g/mol. The molecule has 1 unspecified atom stereocenters. The van der Waals surface area contributed by atoms with Crippen LogP contribution in [0.3, 0.4) is 0 Å². The maximum absolute atomic E-state index is 11.8. The second-order valence-electron chi connectivity index (χ2n) is 4.61. The molecule has 0 aromatic carbocycles. The minimum Gasteiger partial charge on any atom is -0.343 e. The highest BCUT2D eigenvalue weighted by Gasteiger charge is 2.36. The van der Waals surface area contributed by atoms with Gasteiger partial charge in [0.05, 0.1) is 6.07 Å². The van der Waals surface area contributed by atoms with Gasteiger partial charge in [-0.2, -0.15) is 5.26 Å². The lowest BCUT2D eigenvalue weighted by molar-refractivity contribution is -0.132. The third-order valence-corrected chi connectivity index (χ3v) is 3.23. The molecule has 1 rings (SSSR count). The monoisotopic (exact) mass is 209 g/mol. The summed E-state index contributed by atoms with van der Waals surface area (Å²) in [6.07, 6.45) is 2.21. The predicted octanol–water partition coefficient (Wildman–Crippen LogP) is 0.652. The van der Waals surface area contributed by atoms with Gasteiger partial charge in [-0.05, 0) is 31.8 Å². The highest BCUT2D eigenvalue weighted by molar-refractivity contribution is 5.82. The Bertz CT molecular complexity index is 261. The van der Waals surface area contributed by atoms with E-state index in [1.807, 2.05) is 19.9 Å². The van der Waals surface area contributed by atoms with Gasteiger partial charge >= 0.3 is 0 Å². The number of nitrogens with one attached hydrogen (secondary N) is 2. The van der Waals surface area contributed by atoms with Gasteiger partial charge in [-0.1, -0.05) is 13.8 Å². The van der Waals surface area contributed by atoms with E-state index in [2.05, 4.69) is 10.6 Å². The van der Waals surface area contributed by atoms with Crippen LogP contribution >= 0.6 is 0 Å². The van der Waals surface area contributed by atoms with Gasteiger partial charge in [0.1, 0.15) is 6.54 Å². The number of hydrogen-bond acceptors (Lipinski definition) is 3. The Morgan fingerprint density at radius 1 is 1.67 bits per heavy atom. The van der Waals surface area contributed by atoms with Crippen molar-refractivity contribution in [2.45, 2.75) is 26.7 Å². The smallest absolute Gasteiger partial charge is 0.226 e. The summed E-state index contributed by atoms with van der Waals surface area (Å²) in [5, 5.41) is 14.4. The summed E-state index contributed by atoms with van der Waals surface area (Å²) in [7, 11) is 0. The average Bonchev–Trinajstić information content (AvgIpc) is 2.27. The molecule has 4 heteroatoms. The number of nitrogens with zero attached hydrogens (tertiary/aromatic N) is 1. The van der Waals surface area contributed by atoms with Crippen LogP contribution in [0.15, 0.2) is 0 Å². The first-order valence-corrected chi connectivity index (χ1v) is 5.45. The Morgan fingerprint density at radius 2 is 2.40 bits per heavy atom. The van der Waals surface area contributed by atoms with E-state index in [0.717, 1.165) is 25.9 Å². The summed E-state index contributed by atoms with van der Waals surface area (Å²) in [4.78, 5) is 11.8. The SMILES string of the molecule is CC(C)(C(=O)NCC#N)C1CCCNC1. The molecule has 0 spiro atoms. The Labute approximate surface area is 91.0 Å². The van der Waals surface area contributed by atoms with Crippen LogP contribution in [0.5, 0.6) is 0 Å². The van der Waals surface area contributed by atoms with Crippen molar-refractivity contribution >= 4 is 5.91 Å². The molecule has 1 fully saturated rings. The normalized spacial score (nSPS) is 21.8. The largest absolute Gasteiger partial charge is 0.343 e. The molecule has 0 aromatic rings. The molecule has 1 aliphatic heterocycles. The van der Waals surface area contributed by atoms with Gasteiger partial charge in [0.2, 0.25) is 5.91 Å². The molecule has 0 bridgehead atoms. The van der Waals surface area contributed by atoms with E-state index in [1.54, 1.807) is 0 Å². The van der Waals surface area contributed by atoms with Crippen molar-refractivity contribution in [1.29, 1.82) is 5.26 Å². The molecule has 0 saturated carbocycles. The molecule has 1 saturated heterocycles. The van der Waals surface area contributed by atoms with E-state index in [1.165, 1.54) is 0 Å². The van der Waals surface area contributed by atoms with Gasteiger partial charge in [0, 0.05) is 5.41 Å². The molecule has 1 heterocycles. The molecule has 1 aliphatic rings. The Hall–Kier alpha value is -1.08. The summed E-state index contributed by atoms with van der Waals surface area (Å²) in [6.45, 7) is 5.95. The summed E-state index contributed by atoms with van der Waals surface area (Å²) in [5.41, 5.74) is -0.385. The van der Waals surface area contributed by atoms with E-state index in [-0.39, 0.29) is 17.9 Å². The Balaban J connectivity index is 2.55. The fraction of sp³-hybridized carbons (Fsp3) is 0.818. The number of carbonyl (C=O) groups excluding carboxylic acids is 1. The highest BCUT2D eigenvalue weighted by Crippen LogP contribution is 2.31. The van der Waals surface area contributed by atoms with Crippen LogP contribution in [-0.4, -0.2) is 25.5 Å². The zero-order valence-corrected chi connectivity index (χ0v) is 9.47. The van der Waals surface area contributed by atoms with Crippen LogP contribution in [-0.2, 0) is 4.79 Å². The van der Waals surface area contributed by atoms with Crippen molar-refractivity contribution in [3.8, 4) is 6.07 Å². The van der Waals surface area contributed by atoms with E-state index < -0.39 is 0 Å². The lowest BCUT2D eigenvalue weighted by Crippen LogP contribution is -2.47. The number of piperidine rings is 1. The van der Waals surface area contributed by atoms with Crippen molar-refractivity contribution in [3.05, 3.63) is 0 Å². The maximum Gasteiger partial charge on any atom is 0.226 e.